The molecule has 19 heavy (non-hydrogen) atoms. The molecule has 0 unspecified atom stereocenters. The van der Waals surface area contributed by atoms with E-state index in [1.165, 1.54) is 31.2 Å². The van der Waals surface area contributed by atoms with Crippen molar-refractivity contribution in [2.24, 2.45) is 0 Å². The predicted octanol–water partition coefficient (Wildman–Crippen LogP) is 1.83. The van der Waals surface area contributed by atoms with Crippen LogP contribution in [0.15, 0.2) is 24.3 Å². The lowest BCUT2D eigenvalue weighted by Gasteiger charge is -2.08. The Morgan fingerprint density at radius 3 is 2.58 bits per heavy atom. The molecule has 0 spiro atoms. The lowest BCUT2D eigenvalue weighted by atomic mass is 10.0. The van der Waals surface area contributed by atoms with Crippen molar-refractivity contribution in [2.75, 3.05) is 0 Å². The Morgan fingerprint density at radius 1 is 1.42 bits per heavy atom. The van der Waals surface area contributed by atoms with Crippen LogP contribution >= 0.6 is 0 Å². The maximum Gasteiger partial charge on any atom is 0.301 e. The quantitative estimate of drug-likeness (QED) is 0.620. The number of imidazole rings is 1. The molecule has 0 aliphatic heterocycles. The second-order valence-electron chi connectivity index (χ2n) is 3.98. The summed E-state index contributed by atoms with van der Waals surface area (Å²) in [5, 5.41) is 0. The van der Waals surface area contributed by atoms with Gasteiger partial charge in [0.05, 0.1) is 5.69 Å². The highest BCUT2D eigenvalue weighted by molar-refractivity contribution is 6.34. The molecule has 1 aromatic carbocycles. The van der Waals surface area contributed by atoms with Gasteiger partial charge in [-0.2, -0.15) is 0 Å². The number of ketones is 1. The molecule has 0 bridgehead atoms. The maximum absolute atomic E-state index is 12.8. The summed E-state index contributed by atoms with van der Waals surface area (Å²) < 4.78 is 19.9. The van der Waals surface area contributed by atoms with Crippen molar-refractivity contribution >= 4 is 19.2 Å². The fourth-order valence-corrected chi connectivity index (χ4v) is 1.80. The molecule has 0 N–H and O–H groups in total. The summed E-state index contributed by atoms with van der Waals surface area (Å²) in [4.78, 5) is 15.5. The fraction of sp³-hybridized carbons (Fsp3) is 0.231. The van der Waals surface area contributed by atoms with Gasteiger partial charge in [-0.1, -0.05) is 0 Å². The van der Waals surface area contributed by atoms with E-state index in [9.17, 15) is 9.18 Å². The first-order valence-corrected chi connectivity index (χ1v) is 5.83. The van der Waals surface area contributed by atoms with Crippen LogP contribution in [0.2, 0.25) is 0 Å². The number of rotatable bonds is 4. The number of carbonyl (C=O) groups is 1. The summed E-state index contributed by atoms with van der Waals surface area (Å²) in [5.74, 6) is -0.105. The van der Waals surface area contributed by atoms with Crippen LogP contribution in [0.25, 0.3) is 0 Å². The topological polar surface area (TPSA) is 44.1 Å². The molecule has 0 aliphatic rings. The highest BCUT2D eigenvalue weighted by atomic mass is 19.1. The lowest BCUT2D eigenvalue weighted by Crippen LogP contribution is -2.17. The molecule has 96 valence electrons. The van der Waals surface area contributed by atoms with Crippen LogP contribution in [0.1, 0.15) is 24.3 Å². The van der Waals surface area contributed by atoms with Crippen molar-refractivity contribution in [1.29, 1.82) is 0 Å². The molecule has 0 amide bonds. The fourth-order valence-electron chi connectivity index (χ4n) is 1.80. The van der Waals surface area contributed by atoms with Crippen molar-refractivity contribution in [3.05, 3.63) is 35.8 Å². The minimum atomic E-state index is -0.352. The molecule has 1 aromatic heterocycles. The molecule has 2 aromatic rings. The molecule has 1 heterocycles. The summed E-state index contributed by atoms with van der Waals surface area (Å²) in [6.45, 7) is 3.77. The van der Waals surface area contributed by atoms with E-state index in [-0.39, 0.29) is 23.2 Å². The SMILES string of the molecule is [B]c1nc(Oc2ccc(F)cc2)n(CC)c1C(C)=O. The monoisotopic (exact) mass is 258 g/mol. The number of Topliss-reactive ketones (excluding diaryl/α,β-unsaturated/α-hetero) is 1. The number of nitrogens with zero attached hydrogens (tertiary/aromatic N) is 2. The van der Waals surface area contributed by atoms with E-state index in [2.05, 4.69) is 4.98 Å². The van der Waals surface area contributed by atoms with Crippen molar-refractivity contribution in [3.8, 4) is 11.8 Å². The van der Waals surface area contributed by atoms with Gasteiger partial charge in [-0.15, -0.1) is 0 Å². The van der Waals surface area contributed by atoms with Gasteiger partial charge in [0, 0.05) is 19.1 Å². The number of carbonyl (C=O) groups excluding carboxylic acids is 1. The van der Waals surface area contributed by atoms with E-state index in [1.54, 1.807) is 4.57 Å². The number of ether oxygens (including phenoxy) is 1. The van der Waals surface area contributed by atoms with Gasteiger partial charge in [0.1, 0.15) is 19.4 Å². The minimum absolute atomic E-state index is 0.131. The summed E-state index contributed by atoms with van der Waals surface area (Å²) >= 11 is 0. The average molecular weight is 258 g/mol. The van der Waals surface area contributed by atoms with Crippen LogP contribution < -0.4 is 10.3 Å². The molecule has 6 heteroatoms. The molecule has 2 radical (unpaired) electrons. The van der Waals surface area contributed by atoms with Gasteiger partial charge < -0.3 is 4.74 Å². The number of hydrogen-bond donors (Lipinski definition) is 0. The summed E-state index contributed by atoms with van der Waals surface area (Å²) in [6.07, 6.45) is 0. The molecule has 0 aliphatic carbocycles. The van der Waals surface area contributed by atoms with Gasteiger partial charge in [-0.05, 0) is 31.2 Å². The predicted molar refractivity (Wildman–Crippen MR) is 69.8 cm³/mol. The Hall–Kier alpha value is -2.11. The molecular weight excluding hydrogens is 246 g/mol. The molecule has 0 saturated heterocycles. The van der Waals surface area contributed by atoms with Crippen LogP contribution in [0.5, 0.6) is 11.8 Å². The van der Waals surface area contributed by atoms with E-state index in [1.807, 2.05) is 6.92 Å². The highest BCUT2D eigenvalue weighted by Gasteiger charge is 2.17. The van der Waals surface area contributed by atoms with Crippen LogP contribution in [0, 0.1) is 5.82 Å². The second kappa shape index (κ2) is 5.26. The van der Waals surface area contributed by atoms with Gasteiger partial charge in [0.15, 0.2) is 5.78 Å². The Balaban J connectivity index is 2.37. The number of halogens is 1. The van der Waals surface area contributed by atoms with E-state index in [0.29, 0.717) is 18.0 Å². The highest BCUT2D eigenvalue weighted by Crippen LogP contribution is 2.21. The summed E-state index contributed by atoms with van der Waals surface area (Å²) in [7, 11) is 5.70. The zero-order valence-corrected chi connectivity index (χ0v) is 10.7. The Labute approximate surface area is 111 Å². The first kappa shape index (κ1) is 13.3. The van der Waals surface area contributed by atoms with E-state index in [0.717, 1.165) is 0 Å². The van der Waals surface area contributed by atoms with E-state index < -0.39 is 0 Å². The number of aromatic nitrogens is 2. The maximum atomic E-state index is 12.8. The van der Waals surface area contributed by atoms with Gasteiger partial charge in [-0.25, -0.2) is 9.37 Å². The number of benzene rings is 1. The van der Waals surface area contributed by atoms with Crippen molar-refractivity contribution < 1.29 is 13.9 Å². The third-order valence-electron chi connectivity index (χ3n) is 2.63. The first-order chi connectivity index (χ1) is 9.02. The Bertz CT molecular complexity index is 608. The normalized spacial score (nSPS) is 10.5. The van der Waals surface area contributed by atoms with Crippen molar-refractivity contribution in [3.63, 3.8) is 0 Å². The Morgan fingerprint density at radius 2 is 2.05 bits per heavy atom. The number of hydrogen-bond acceptors (Lipinski definition) is 3. The van der Waals surface area contributed by atoms with Crippen LogP contribution in [0.3, 0.4) is 0 Å². The molecule has 0 saturated carbocycles. The standard InChI is InChI=1S/C13H12BFN2O2/c1-3-17-11(8(2)18)12(14)16-13(17)19-10-6-4-9(15)5-7-10/h4-7H,3H2,1-2H3. The largest absolute Gasteiger partial charge is 0.426 e. The van der Waals surface area contributed by atoms with Gasteiger partial charge >= 0.3 is 6.01 Å². The molecule has 0 atom stereocenters. The van der Waals surface area contributed by atoms with Gasteiger partial charge in [0.2, 0.25) is 0 Å². The third-order valence-corrected chi connectivity index (χ3v) is 2.63. The third kappa shape index (κ3) is 2.67. The van der Waals surface area contributed by atoms with Crippen LogP contribution in [-0.4, -0.2) is 23.2 Å². The van der Waals surface area contributed by atoms with Gasteiger partial charge in [-0.3, -0.25) is 9.36 Å². The Kier molecular flexibility index (Phi) is 3.69. The van der Waals surface area contributed by atoms with Crippen molar-refractivity contribution in [2.45, 2.75) is 20.4 Å². The van der Waals surface area contributed by atoms with Crippen LogP contribution in [0.4, 0.5) is 4.39 Å². The molecular formula is C13H12BFN2O2. The first-order valence-electron chi connectivity index (χ1n) is 5.83. The minimum Gasteiger partial charge on any atom is -0.426 e. The molecule has 4 nitrogen and oxygen atoms in total. The molecule has 2 rings (SSSR count). The van der Waals surface area contributed by atoms with E-state index >= 15 is 0 Å². The smallest absolute Gasteiger partial charge is 0.301 e. The second-order valence-corrected chi connectivity index (χ2v) is 3.98. The zero-order chi connectivity index (χ0) is 14.0. The van der Waals surface area contributed by atoms with Gasteiger partial charge in [0.25, 0.3) is 0 Å². The van der Waals surface area contributed by atoms with Crippen LogP contribution in [-0.2, 0) is 6.54 Å². The lowest BCUT2D eigenvalue weighted by molar-refractivity contribution is 0.100. The molecule has 0 fully saturated rings. The summed E-state index contributed by atoms with van der Waals surface area (Å²) in [6, 6.07) is 5.74. The summed E-state index contributed by atoms with van der Waals surface area (Å²) in [5.41, 5.74) is 0.450. The van der Waals surface area contributed by atoms with E-state index in [4.69, 9.17) is 12.6 Å². The zero-order valence-electron chi connectivity index (χ0n) is 10.7. The van der Waals surface area contributed by atoms with Crippen molar-refractivity contribution in [1.82, 2.24) is 9.55 Å². The average Bonchev–Trinajstić information content (AvgIpc) is 2.68.